The lowest BCUT2D eigenvalue weighted by atomic mass is 10.3. The summed E-state index contributed by atoms with van der Waals surface area (Å²) in [6.07, 6.45) is 0. The number of rotatable bonds is 4. The van der Waals surface area contributed by atoms with Crippen molar-refractivity contribution in [2.45, 2.75) is 20.0 Å². The second-order valence-corrected chi connectivity index (χ2v) is 3.96. The van der Waals surface area contributed by atoms with Crippen molar-refractivity contribution in [3.05, 3.63) is 27.7 Å². The van der Waals surface area contributed by atoms with E-state index in [1.165, 1.54) is 10.4 Å². The minimum absolute atomic E-state index is 0.647. The molecule has 14 heavy (non-hydrogen) atoms. The highest BCUT2D eigenvalue weighted by Crippen LogP contribution is 2.14. The molecule has 0 spiro atoms. The fraction of sp³-hybridized carbons (Fsp3) is 0.375. The van der Waals surface area contributed by atoms with Crippen LogP contribution in [0.15, 0.2) is 11.4 Å². The van der Waals surface area contributed by atoms with E-state index in [1.54, 1.807) is 11.3 Å². The van der Waals surface area contributed by atoms with Gasteiger partial charge in [-0.3, -0.25) is 0 Å². The van der Waals surface area contributed by atoms with Crippen LogP contribution in [0.2, 0.25) is 0 Å². The van der Waals surface area contributed by atoms with E-state index in [2.05, 4.69) is 44.3 Å². The first-order valence-corrected chi connectivity index (χ1v) is 5.20. The summed E-state index contributed by atoms with van der Waals surface area (Å²) in [4.78, 5) is 1.36. The lowest BCUT2D eigenvalue weighted by molar-refractivity contribution is 0.668. The quantitative estimate of drug-likeness (QED) is 0.783. The van der Waals surface area contributed by atoms with Crippen molar-refractivity contribution in [1.82, 2.24) is 25.9 Å². The molecule has 6 heteroatoms. The first-order valence-electron chi connectivity index (χ1n) is 4.32. The van der Waals surface area contributed by atoms with Crippen LogP contribution in [-0.4, -0.2) is 20.6 Å². The third-order valence-corrected chi connectivity index (χ3v) is 2.95. The molecule has 0 atom stereocenters. The number of aryl methyl sites for hydroxylation is 1. The van der Waals surface area contributed by atoms with Crippen molar-refractivity contribution >= 4 is 11.3 Å². The van der Waals surface area contributed by atoms with E-state index < -0.39 is 0 Å². The smallest absolute Gasteiger partial charge is 0.188 e. The first-order chi connectivity index (χ1) is 6.86. The Hall–Kier alpha value is -1.27. The van der Waals surface area contributed by atoms with E-state index in [1.807, 2.05) is 0 Å². The van der Waals surface area contributed by atoms with Gasteiger partial charge in [0.1, 0.15) is 0 Å². The molecule has 0 saturated heterocycles. The predicted octanol–water partition coefficient (Wildman–Crippen LogP) is 0.859. The minimum atomic E-state index is 0.647. The third-order valence-electron chi connectivity index (χ3n) is 1.93. The lowest BCUT2D eigenvalue weighted by Crippen LogP contribution is -2.13. The average Bonchev–Trinajstić information content (AvgIpc) is 2.78. The maximum atomic E-state index is 3.85. The number of hydrogen-bond acceptors (Lipinski definition) is 5. The van der Waals surface area contributed by atoms with Crippen LogP contribution >= 0.6 is 11.3 Å². The normalized spacial score (nSPS) is 10.6. The Kier molecular flexibility index (Phi) is 2.85. The van der Waals surface area contributed by atoms with Gasteiger partial charge >= 0.3 is 0 Å². The number of tetrazole rings is 1. The summed E-state index contributed by atoms with van der Waals surface area (Å²) >= 11 is 1.76. The standard InChI is InChI=1S/C8H11N5S/c1-6-2-3-14-7(6)4-9-5-8-10-12-13-11-8/h2-3,9H,4-5H2,1H3,(H,10,11,12,13). The maximum absolute atomic E-state index is 3.85. The highest BCUT2D eigenvalue weighted by atomic mass is 32.1. The van der Waals surface area contributed by atoms with Crippen molar-refractivity contribution < 1.29 is 0 Å². The molecule has 2 rings (SSSR count). The number of hydrogen-bond donors (Lipinski definition) is 2. The number of nitrogens with zero attached hydrogens (tertiary/aromatic N) is 3. The maximum Gasteiger partial charge on any atom is 0.188 e. The molecule has 0 bridgehead atoms. The number of H-pyrrole nitrogens is 1. The van der Waals surface area contributed by atoms with Gasteiger partial charge in [-0.2, -0.15) is 5.21 Å². The molecule has 2 N–H and O–H groups in total. The second-order valence-electron chi connectivity index (χ2n) is 2.96. The highest BCUT2D eigenvalue weighted by molar-refractivity contribution is 7.10. The fourth-order valence-corrected chi connectivity index (χ4v) is 2.01. The Morgan fingerprint density at radius 1 is 1.50 bits per heavy atom. The zero-order valence-electron chi connectivity index (χ0n) is 7.82. The summed E-state index contributed by atoms with van der Waals surface area (Å²) in [7, 11) is 0. The molecule has 0 aliphatic rings. The largest absolute Gasteiger partial charge is 0.305 e. The Morgan fingerprint density at radius 3 is 3.07 bits per heavy atom. The number of aromatic nitrogens is 4. The van der Waals surface area contributed by atoms with Gasteiger partial charge in [0.05, 0.1) is 6.54 Å². The minimum Gasteiger partial charge on any atom is -0.305 e. The lowest BCUT2D eigenvalue weighted by Gasteiger charge is -2.00. The SMILES string of the molecule is Cc1ccsc1CNCc1nn[nH]n1. The predicted molar refractivity (Wildman–Crippen MR) is 53.8 cm³/mol. The monoisotopic (exact) mass is 209 g/mol. The van der Waals surface area contributed by atoms with Gasteiger partial charge in [-0.25, -0.2) is 0 Å². The fourth-order valence-electron chi connectivity index (χ4n) is 1.13. The van der Waals surface area contributed by atoms with Gasteiger partial charge in [0.2, 0.25) is 0 Å². The van der Waals surface area contributed by atoms with Crippen molar-refractivity contribution in [2.24, 2.45) is 0 Å². The highest BCUT2D eigenvalue weighted by Gasteiger charge is 2.00. The van der Waals surface area contributed by atoms with E-state index >= 15 is 0 Å². The van der Waals surface area contributed by atoms with E-state index in [9.17, 15) is 0 Å². The van der Waals surface area contributed by atoms with E-state index in [0.29, 0.717) is 12.4 Å². The van der Waals surface area contributed by atoms with Gasteiger partial charge in [0, 0.05) is 11.4 Å². The summed E-state index contributed by atoms with van der Waals surface area (Å²) < 4.78 is 0. The van der Waals surface area contributed by atoms with Crippen LogP contribution in [-0.2, 0) is 13.1 Å². The van der Waals surface area contributed by atoms with E-state index in [-0.39, 0.29) is 0 Å². The Labute approximate surface area is 85.5 Å². The van der Waals surface area contributed by atoms with Crippen LogP contribution in [0, 0.1) is 6.92 Å². The van der Waals surface area contributed by atoms with Gasteiger partial charge in [0.25, 0.3) is 0 Å². The van der Waals surface area contributed by atoms with Gasteiger partial charge in [-0.15, -0.1) is 21.5 Å². The van der Waals surface area contributed by atoms with Crippen molar-refractivity contribution in [3.63, 3.8) is 0 Å². The van der Waals surface area contributed by atoms with Crippen molar-refractivity contribution in [3.8, 4) is 0 Å². The molecular formula is C8H11N5S. The van der Waals surface area contributed by atoms with Crippen LogP contribution in [0.5, 0.6) is 0 Å². The topological polar surface area (TPSA) is 66.5 Å². The molecule has 74 valence electrons. The van der Waals surface area contributed by atoms with Crippen molar-refractivity contribution in [1.29, 1.82) is 0 Å². The van der Waals surface area contributed by atoms with Crippen LogP contribution in [0.3, 0.4) is 0 Å². The zero-order valence-corrected chi connectivity index (χ0v) is 8.64. The third kappa shape index (κ3) is 2.15. The van der Waals surface area contributed by atoms with Gasteiger partial charge in [0.15, 0.2) is 5.82 Å². The molecular weight excluding hydrogens is 198 g/mol. The van der Waals surface area contributed by atoms with E-state index in [4.69, 9.17) is 0 Å². The summed E-state index contributed by atoms with van der Waals surface area (Å²) in [5, 5.41) is 19.0. The number of aromatic amines is 1. The summed E-state index contributed by atoms with van der Waals surface area (Å²) in [6.45, 7) is 3.62. The Balaban J connectivity index is 1.81. The van der Waals surface area contributed by atoms with Gasteiger partial charge in [-0.05, 0) is 23.9 Å². The van der Waals surface area contributed by atoms with Crippen LogP contribution in [0.1, 0.15) is 16.3 Å². The van der Waals surface area contributed by atoms with Crippen LogP contribution < -0.4 is 5.32 Å². The summed E-state index contributed by atoms with van der Waals surface area (Å²) in [5.74, 6) is 0.694. The molecule has 0 saturated carbocycles. The van der Waals surface area contributed by atoms with Crippen LogP contribution in [0.25, 0.3) is 0 Å². The molecule has 2 aromatic heterocycles. The molecule has 0 amide bonds. The summed E-state index contributed by atoms with van der Waals surface area (Å²) in [5.41, 5.74) is 1.33. The molecule has 0 radical (unpaired) electrons. The van der Waals surface area contributed by atoms with E-state index in [0.717, 1.165) is 6.54 Å². The number of thiophene rings is 1. The molecule has 2 heterocycles. The second kappa shape index (κ2) is 4.30. The van der Waals surface area contributed by atoms with Gasteiger partial charge in [-0.1, -0.05) is 5.21 Å². The zero-order chi connectivity index (χ0) is 9.80. The molecule has 0 unspecified atom stereocenters. The Bertz CT molecular complexity index is 380. The van der Waals surface area contributed by atoms with Crippen molar-refractivity contribution in [2.75, 3.05) is 0 Å². The van der Waals surface area contributed by atoms with Crippen LogP contribution in [0.4, 0.5) is 0 Å². The molecule has 0 aliphatic heterocycles. The summed E-state index contributed by atoms with van der Waals surface area (Å²) in [6, 6.07) is 2.12. The molecule has 0 aliphatic carbocycles. The molecule has 0 aromatic carbocycles. The molecule has 0 fully saturated rings. The molecule has 2 aromatic rings. The molecule has 5 nitrogen and oxygen atoms in total. The van der Waals surface area contributed by atoms with Gasteiger partial charge < -0.3 is 5.32 Å². The Morgan fingerprint density at radius 2 is 2.43 bits per heavy atom. The average molecular weight is 209 g/mol. The first kappa shape index (κ1) is 9.29. The number of nitrogens with one attached hydrogen (secondary N) is 2.